The predicted molar refractivity (Wildman–Crippen MR) is 143 cm³/mol. The molecular weight excluding hydrogens is 555 g/mol. The van der Waals surface area contributed by atoms with E-state index in [0.29, 0.717) is 0 Å². The van der Waals surface area contributed by atoms with Gasteiger partial charge < -0.3 is 15.0 Å². The molecular formula is C26H28F3N3O5S2. The molecule has 2 aromatic rings. The van der Waals surface area contributed by atoms with Crippen molar-refractivity contribution in [3.8, 4) is 0 Å². The van der Waals surface area contributed by atoms with Crippen LogP contribution in [0.15, 0.2) is 59.6 Å². The molecule has 0 bridgehead atoms. The Bertz CT molecular complexity index is 1380. The molecule has 0 aliphatic carbocycles. The first-order valence-corrected chi connectivity index (χ1v) is 14.8. The third-order valence-corrected chi connectivity index (χ3v) is 9.21. The summed E-state index contributed by atoms with van der Waals surface area (Å²) >= 11 is 1.03. The number of carbonyl (C=O) groups excluding carboxylic acids is 2. The maximum Gasteiger partial charge on any atom is 0.416 e. The molecule has 210 valence electrons. The van der Waals surface area contributed by atoms with E-state index in [1.54, 1.807) is 51.1 Å². The third-order valence-electron chi connectivity index (χ3n) is 6.00. The van der Waals surface area contributed by atoms with Crippen molar-refractivity contribution in [2.75, 3.05) is 16.4 Å². The number of benzene rings is 2. The molecule has 0 saturated carbocycles. The quantitative estimate of drug-likeness (QED) is 0.555. The monoisotopic (exact) mass is 583 g/mol. The van der Waals surface area contributed by atoms with Gasteiger partial charge in [-0.05, 0) is 44.5 Å². The minimum absolute atomic E-state index is 0.0770. The molecule has 2 aliphatic rings. The Morgan fingerprint density at radius 3 is 2.44 bits per heavy atom. The Morgan fingerprint density at radius 2 is 1.79 bits per heavy atom. The van der Waals surface area contributed by atoms with E-state index in [-0.39, 0.29) is 28.8 Å². The largest absolute Gasteiger partial charge is 0.444 e. The summed E-state index contributed by atoms with van der Waals surface area (Å²) < 4.78 is 70.3. The second kappa shape index (κ2) is 10.8. The van der Waals surface area contributed by atoms with Crippen molar-refractivity contribution in [1.82, 2.24) is 5.32 Å². The van der Waals surface area contributed by atoms with Gasteiger partial charge in [0.1, 0.15) is 11.6 Å². The third kappa shape index (κ3) is 7.33. The van der Waals surface area contributed by atoms with Crippen LogP contribution in [-0.4, -0.2) is 60.0 Å². The lowest BCUT2D eigenvalue weighted by Crippen LogP contribution is -2.45. The number of amidine groups is 1. The number of thioether (sulfide) groups is 1. The van der Waals surface area contributed by atoms with E-state index < -0.39 is 56.5 Å². The Morgan fingerprint density at radius 1 is 1.10 bits per heavy atom. The van der Waals surface area contributed by atoms with Gasteiger partial charge >= 0.3 is 12.3 Å². The molecule has 13 heteroatoms. The number of alkyl halides is 3. The SMILES string of the molecule is CC(C)(C)OC(=O)N[C@@H](Cc1ccccc1)C(=O)N=C1S[C@H]2CS(=O)(=O)C[C@H]2N1c1cccc(C(F)(F)F)c1. The van der Waals surface area contributed by atoms with Gasteiger partial charge in [-0.1, -0.05) is 48.2 Å². The fourth-order valence-electron chi connectivity index (χ4n) is 4.37. The van der Waals surface area contributed by atoms with Crippen LogP contribution in [0.1, 0.15) is 31.9 Å². The maximum atomic E-state index is 13.5. The fraction of sp³-hybridized carbons (Fsp3) is 0.423. The molecule has 8 nitrogen and oxygen atoms in total. The molecule has 0 unspecified atom stereocenters. The van der Waals surface area contributed by atoms with Crippen molar-refractivity contribution < 1.29 is 35.9 Å². The number of halogens is 3. The van der Waals surface area contributed by atoms with E-state index in [0.717, 1.165) is 29.5 Å². The van der Waals surface area contributed by atoms with E-state index in [4.69, 9.17) is 4.74 Å². The summed E-state index contributed by atoms with van der Waals surface area (Å²) in [5.41, 5.74) is -0.911. The normalized spacial score (nSPS) is 22.4. The Hall–Kier alpha value is -3.06. The molecule has 2 saturated heterocycles. The number of hydrogen-bond donors (Lipinski definition) is 1. The number of ether oxygens (including phenoxy) is 1. The number of nitrogens with one attached hydrogen (secondary N) is 1. The number of anilines is 1. The van der Waals surface area contributed by atoms with Crippen molar-refractivity contribution in [2.24, 2.45) is 4.99 Å². The van der Waals surface area contributed by atoms with Gasteiger partial charge in [0.15, 0.2) is 15.0 Å². The summed E-state index contributed by atoms with van der Waals surface area (Å²) in [6.45, 7) is 5.03. The van der Waals surface area contributed by atoms with Crippen LogP contribution in [0.3, 0.4) is 0 Å². The molecule has 3 atom stereocenters. The standard InChI is InChI=1S/C26H28F3N3O5S2/c1-25(2,3)37-24(34)30-19(12-16-8-5-4-6-9-16)22(33)31-23-32(20-14-39(35,36)15-21(20)38-23)18-11-7-10-17(13-18)26(27,28)29/h4-11,13,19-21H,12,14-15H2,1-3H3,(H,30,34)/t19-,20+,21-/m0/s1. The number of rotatable bonds is 5. The van der Waals surface area contributed by atoms with Crippen LogP contribution in [0, 0.1) is 0 Å². The van der Waals surface area contributed by atoms with Gasteiger partial charge in [-0.25, -0.2) is 13.2 Å². The first kappa shape index (κ1) is 28.9. The van der Waals surface area contributed by atoms with Crippen LogP contribution in [0.4, 0.5) is 23.7 Å². The lowest BCUT2D eigenvalue weighted by atomic mass is 10.1. The zero-order valence-corrected chi connectivity index (χ0v) is 23.1. The second-order valence-electron chi connectivity index (χ2n) is 10.3. The van der Waals surface area contributed by atoms with E-state index in [9.17, 15) is 31.2 Å². The highest BCUT2D eigenvalue weighted by Gasteiger charge is 2.50. The molecule has 4 rings (SSSR count). The maximum absolute atomic E-state index is 13.5. The number of hydrogen-bond acceptors (Lipinski definition) is 6. The van der Waals surface area contributed by atoms with E-state index in [1.165, 1.54) is 17.0 Å². The van der Waals surface area contributed by atoms with Crippen molar-refractivity contribution >= 4 is 44.5 Å². The summed E-state index contributed by atoms with van der Waals surface area (Å²) in [7, 11) is -3.43. The van der Waals surface area contributed by atoms with Gasteiger partial charge in [-0.2, -0.15) is 18.2 Å². The number of alkyl carbamates (subject to hydrolysis) is 1. The highest BCUT2D eigenvalue weighted by Crippen LogP contribution is 2.42. The summed E-state index contributed by atoms with van der Waals surface area (Å²) in [6.07, 6.45) is -5.35. The van der Waals surface area contributed by atoms with Crippen LogP contribution in [0.5, 0.6) is 0 Å². The summed E-state index contributed by atoms with van der Waals surface area (Å²) in [5, 5.41) is 2.12. The molecule has 0 aromatic heterocycles. The second-order valence-corrected chi connectivity index (χ2v) is 13.7. The highest BCUT2D eigenvalue weighted by atomic mass is 32.2. The molecule has 2 aromatic carbocycles. The minimum Gasteiger partial charge on any atom is -0.444 e. The van der Waals surface area contributed by atoms with Crippen molar-refractivity contribution in [2.45, 2.75) is 56.3 Å². The van der Waals surface area contributed by atoms with Crippen LogP contribution in [0.2, 0.25) is 0 Å². The molecule has 39 heavy (non-hydrogen) atoms. The Labute approximate surface area is 228 Å². The van der Waals surface area contributed by atoms with E-state index >= 15 is 0 Å². The lowest BCUT2D eigenvalue weighted by molar-refractivity contribution is -0.137. The van der Waals surface area contributed by atoms with Gasteiger partial charge in [0, 0.05) is 17.4 Å². The smallest absolute Gasteiger partial charge is 0.416 e. The topological polar surface area (TPSA) is 105 Å². The molecule has 2 aliphatic heterocycles. The van der Waals surface area contributed by atoms with Gasteiger partial charge in [0.05, 0.1) is 23.1 Å². The number of aliphatic imine (C=N–C) groups is 1. The number of nitrogens with zero attached hydrogens (tertiary/aromatic N) is 2. The molecule has 2 amide bonds. The molecule has 2 fully saturated rings. The van der Waals surface area contributed by atoms with Crippen LogP contribution < -0.4 is 10.2 Å². The first-order valence-electron chi connectivity index (χ1n) is 12.1. The molecule has 1 N–H and O–H groups in total. The average Bonchev–Trinajstić information content (AvgIpc) is 3.28. The van der Waals surface area contributed by atoms with Crippen molar-refractivity contribution in [1.29, 1.82) is 0 Å². The average molecular weight is 584 g/mol. The first-order chi connectivity index (χ1) is 18.1. The Kier molecular flexibility index (Phi) is 8.04. The van der Waals surface area contributed by atoms with Crippen LogP contribution in [0.25, 0.3) is 0 Å². The zero-order valence-electron chi connectivity index (χ0n) is 21.4. The van der Waals surface area contributed by atoms with Gasteiger partial charge in [0.2, 0.25) is 0 Å². The van der Waals surface area contributed by atoms with Crippen molar-refractivity contribution in [3.05, 3.63) is 65.7 Å². The summed E-state index contributed by atoms with van der Waals surface area (Å²) in [5.74, 6) is -1.21. The van der Waals surface area contributed by atoms with Crippen LogP contribution >= 0.6 is 11.8 Å². The molecule has 0 spiro atoms. The van der Waals surface area contributed by atoms with E-state index in [2.05, 4.69) is 10.3 Å². The Balaban J connectivity index is 1.69. The molecule has 0 radical (unpaired) electrons. The van der Waals surface area contributed by atoms with Gasteiger partial charge in [0.25, 0.3) is 5.91 Å². The fourth-order valence-corrected chi connectivity index (χ4v) is 8.29. The van der Waals surface area contributed by atoms with Crippen molar-refractivity contribution in [3.63, 3.8) is 0 Å². The number of amides is 2. The lowest BCUT2D eigenvalue weighted by Gasteiger charge is -2.26. The van der Waals surface area contributed by atoms with Gasteiger partial charge in [-0.15, -0.1) is 0 Å². The van der Waals surface area contributed by atoms with Gasteiger partial charge in [-0.3, -0.25) is 4.79 Å². The zero-order chi connectivity index (χ0) is 28.6. The number of carbonyl (C=O) groups is 2. The predicted octanol–water partition coefficient (Wildman–Crippen LogP) is 4.44. The number of sulfone groups is 1. The summed E-state index contributed by atoms with van der Waals surface area (Å²) in [6, 6.07) is 11.6. The van der Waals surface area contributed by atoms with Crippen LogP contribution in [-0.2, 0) is 32.0 Å². The summed E-state index contributed by atoms with van der Waals surface area (Å²) in [4.78, 5) is 31.6. The highest BCUT2D eigenvalue weighted by molar-refractivity contribution is 8.16. The minimum atomic E-state index is -4.62. The number of fused-ring (bicyclic) bond motifs is 1. The molecule has 2 heterocycles. The van der Waals surface area contributed by atoms with E-state index in [1.807, 2.05) is 0 Å².